The summed E-state index contributed by atoms with van der Waals surface area (Å²) < 4.78 is 24.5. The Morgan fingerprint density at radius 1 is 1.50 bits per heavy atom. The Morgan fingerprint density at radius 2 is 2.19 bits per heavy atom. The first-order valence-electron chi connectivity index (χ1n) is 4.25. The van der Waals surface area contributed by atoms with E-state index in [-0.39, 0.29) is 11.8 Å². The lowest BCUT2D eigenvalue weighted by Gasteiger charge is -2.07. The van der Waals surface area contributed by atoms with Gasteiger partial charge in [0.2, 0.25) is 15.3 Å². The normalized spacial score (nSPS) is 11.4. The molecule has 0 bridgehead atoms. The lowest BCUT2D eigenvalue weighted by molar-refractivity contribution is 0.589. The number of nitrogens with zero attached hydrogens (tertiary/aromatic N) is 2. The van der Waals surface area contributed by atoms with Crippen LogP contribution >= 0.6 is 27.5 Å². The number of hydrogen-bond donors (Lipinski definition) is 2. The van der Waals surface area contributed by atoms with Crippen LogP contribution in [0.3, 0.4) is 0 Å². The first-order chi connectivity index (χ1) is 7.38. The van der Waals surface area contributed by atoms with E-state index in [4.69, 9.17) is 11.6 Å². The van der Waals surface area contributed by atoms with Crippen molar-refractivity contribution in [3.8, 4) is 0 Å². The fourth-order valence-corrected chi connectivity index (χ4v) is 1.82. The second-order valence-electron chi connectivity index (χ2n) is 2.93. The summed E-state index contributed by atoms with van der Waals surface area (Å²) in [4.78, 5) is 7.69. The van der Waals surface area contributed by atoms with Gasteiger partial charge in [-0.15, -0.1) is 0 Å². The molecule has 0 aliphatic rings. The van der Waals surface area contributed by atoms with Crippen LogP contribution in [0.25, 0.3) is 0 Å². The molecule has 16 heavy (non-hydrogen) atoms. The highest BCUT2D eigenvalue weighted by Crippen LogP contribution is 2.19. The zero-order chi connectivity index (χ0) is 12.2. The Bertz CT molecular complexity index is 467. The van der Waals surface area contributed by atoms with Crippen LogP contribution < -0.4 is 10.0 Å². The van der Waals surface area contributed by atoms with Crippen molar-refractivity contribution in [2.75, 3.05) is 24.7 Å². The molecule has 0 aliphatic carbocycles. The fraction of sp³-hybridized carbons (Fsp3) is 0.429. The van der Waals surface area contributed by atoms with Gasteiger partial charge < -0.3 is 5.32 Å². The van der Waals surface area contributed by atoms with Crippen molar-refractivity contribution in [3.05, 3.63) is 16.0 Å². The second-order valence-corrected chi connectivity index (χ2v) is 5.95. The molecule has 1 heterocycles. The Labute approximate surface area is 107 Å². The minimum Gasteiger partial charge on any atom is -0.368 e. The number of sulfonamides is 1. The molecular formula is C7H10BrClN4O2S. The van der Waals surface area contributed by atoms with E-state index in [2.05, 4.69) is 35.9 Å². The van der Waals surface area contributed by atoms with E-state index in [0.29, 0.717) is 16.8 Å². The Hall–Kier alpha value is -0.440. The van der Waals surface area contributed by atoms with Crippen LogP contribution in [0.15, 0.2) is 10.7 Å². The van der Waals surface area contributed by atoms with Crippen molar-refractivity contribution in [1.29, 1.82) is 0 Å². The van der Waals surface area contributed by atoms with Crippen LogP contribution in [0.2, 0.25) is 5.28 Å². The van der Waals surface area contributed by atoms with Crippen molar-refractivity contribution in [3.63, 3.8) is 0 Å². The van der Waals surface area contributed by atoms with Crippen molar-refractivity contribution in [1.82, 2.24) is 14.7 Å². The largest absolute Gasteiger partial charge is 0.368 e. The van der Waals surface area contributed by atoms with E-state index in [1.54, 1.807) is 0 Å². The monoisotopic (exact) mass is 328 g/mol. The average molecular weight is 330 g/mol. The molecule has 90 valence electrons. The molecular weight excluding hydrogens is 320 g/mol. The molecule has 0 saturated heterocycles. The summed E-state index contributed by atoms with van der Waals surface area (Å²) >= 11 is 8.84. The van der Waals surface area contributed by atoms with Gasteiger partial charge in [0.05, 0.1) is 10.7 Å². The number of anilines is 1. The van der Waals surface area contributed by atoms with E-state index >= 15 is 0 Å². The van der Waals surface area contributed by atoms with Crippen LogP contribution in [0.1, 0.15) is 0 Å². The minimum absolute atomic E-state index is 0.127. The summed E-state index contributed by atoms with van der Waals surface area (Å²) in [6.45, 7) is 0.673. The molecule has 1 aromatic rings. The summed E-state index contributed by atoms with van der Waals surface area (Å²) in [5.74, 6) is 0.523. The smallest absolute Gasteiger partial charge is 0.224 e. The van der Waals surface area contributed by atoms with E-state index < -0.39 is 10.0 Å². The maximum Gasteiger partial charge on any atom is 0.224 e. The van der Waals surface area contributed by atoms with E-state index in [1.165, 1.54) is 6.20 Å². The topological polar surface area (TPSA) is 84.0 Å². The van der Waals surface area contributed by atoms with Gasteiger partial charge in [0.1, 0.15) is 5.82 Å². The van der Waals surface area contributed by atoms with Crippen molar-refractivity contribution >= 4 is 43.4 Å². The van der Waals surface area contributed by atoms with Crippen LogP contribution in [-0.4, -0.2) is 37.7 Å². The SMILES string of the molecule is CS(=O)(=O)NCCNc1nc(Cl)ncc1Br. The molecule has 0 atom stereocenters. The van der Waals surface area contributed by atoms with Gasteiger partial charge >= 0.3 is 0 Å². The molecule has 9 heteroatoms. The van der Waals surface area contributed by atoms with Crippen LogP contribution in [-0.2, 0) is 10.0 Å². The number of rotatable bonds is 5. The standard InChI is InChI=1S/C7H10BrClN4O2S/c1-16(14,15)12-3-2-10-6-5(8)4-11-7(9)13-6/h4,12H,2-3H2,1H3,(H,10,11,13). The van der Waals surface area contributed by atoms with Crippen molar-refractivity contribution in [2.24, 2.45) is 0 Å². The third kappa shape index (κ3) is 5.06. The molecule has 1 rings (SSSR count). The van der Waals surface area contributed by atoms with E-state index in [1.807, 2.05) is 0 Å². The third-order valence-corrected chi connectivity index (χ3v) is 2.99. The summed E-state index contributed by atoms with van der Waals surface area (Å²) in [7, 11) is -3.16. The lowest BCUT2D eigenvalue weighted by Crippen LogP contribution is -2.27. The molecule has 0 unspecified atom stereocenters. The number of aromatic nitrogens is 2. The van der Waals surface area contributed by atoms with Gasteiger partial charge in [-0.2, -0.15) is 4.98 Å². The quantitative estimate of drug-likeness (QED) is 0.618. The van der Waals surface area contributed by atoms with Crippen molar-refractivity contribution < 1.29 is 8.42 Å². The Morgan fingerprint density at radius 3 is 2.81 bits per heavy atom. The highest BCUT2D eigenvalue weighted by Gasteiger charge is 2.03. The molecule has 6 nitrogen and oxygen atoms in total. The lowest BCUT2D eigenvalue weighted by atomic mass is 10.5. The molecule has 2 N–H and O–H groups in total. The molecule has 0 amide bonds. The van der Waals surface area contributed by atoms with Gasteiger partial charge in [-0.1, -0.05) is 0 Å². The average Bonchev–Trinajstić information content (AvgIpc) is 2.16. The van der Waals surface area contributed by atoms with E-state index in [9.17, 15) is 8.42 Å². The summed E-state index contributed by atoms with van der Waals surface area (Å²) in [5, 5.41) is 3.04. The minimum atomic E-state index is -3.16. The highest BCUT2D eigenvalue weighted by molar-refractivity contribution is 9.10. The molecule has 0 saturated carbocycles. The molecule has 0 radical (unpaired) electrons. The third-order valence-electron chi connectivity index (χ3n) is 1.50. The van der Waals surface area contributed by atoms with Crippen LogP contribution in [0.5, 0.6) is 0 Å². The predicted octanol–water partition coefficient (Wildman–Crippen LogP) is 0.854. The highest BCUT2D eigenvalue weighted by atomic mass is 79.9. The number of hydrogen-bond acceptors (Lipinski definition) is 5. The van der Waals surface area contributed by atoms with Gasteiger partial charge in [0.15, 0.2) is 0 Å². The Balaban J connectivity index is 2.46. The van der Waals surface area contributed by atoms with Crippen LogP contribution in [0, 0.1) is 0 Å². The maximum absolute atomic E-state index is 10.8. The van der Waals surface area contributed by atoms with Crippen LogP contribution in [0.4, 0.5) is 5.82 Å². The number of nitrogens with one attached hydrogen (secondary N) is 2. The van der Waals surface area contributed by atoms with E-state index in [0.717, 1.165) is 6.26 Å². The molecule has 0 aliphatic heterocycles. The van der Waals surface area contributed by atoms with Gasteiger partial charge in [-0.3, -0.25) is 0 Å². The van der Waals surface area contributed by atoms with Crippen molar-refractivity contribution in [2.45, 2.75) is 0 Å². The van der Waals surface area contributed by atoms with Gasteiger partial charge in [-0.05, 0) is 27.5 Å². The van der Waals surface area contributed by atoms with Gasteiger partial charge in [0, 0.05) is 19.3 Å². The summed E-state index contributed by atoms with van der Waals surface area (Å²) in [6, 6.07) is 0. The zero-order valence-electron chi connectivity index (χ0n) is 8.37. The molecule has 0 fully saturated rings. The molecule has 0 spiro atoms. The number of halogens is 2. The van der Waals surface area contributed by atoms with Gasteiger partial charge in [0.25, 0.3) is 0 Å². The maximum atomic E-state index is 10.8. The summed E-state index contributed by atoms with van der Waals surface area (Å²) in [6.07, 6.45) is 2.62. The first-order valence-corrected chi connectivity index (χ1v) is 7.31. The fourth-order valence-electron chi connectivity index (χ4n) is 0.887. The first kappa shape index (κ1) is 13.6. The molecule has 0 aromatic carbocycles. The second kappa shape index (κ2) is 5.76. The summed E-state index contributed by atoms with van der Waals surface area (Å²) in [5.41, 5.74) is 0. The molecule has 1 aromatic heterocycles. The predicted molar refractivity (Wildman–Crippen MR) is 66.1 cm³/mol. The zero-order valence-corrected chi connectivity index (χ0v) is 11.5. The Kier molecular flexibility index (Phi) is 4.90. The van der Waals surface area contributed by atoms with Gasteiger partial charge in [-0.25, -0.2) is 18.1 Å².